The third kappa shape index (κ3) is 3.03. The molecule has 0 aliphatic carbocycles. The lowest BCUT2D eigenvalue weighted by atomic mass is 10.1. The summed E-state index contributed by atoms with van der Waals surface area (Å²) < 4.78 is 0. The first kappa shape index (κ1) is 13.8. The van der Waals surface area contributed by atoms with Crippen LogP contribution in [0, 0.1) is 0 Å². The van der Waals surface area contributed by atoms with Gasteiger partial charge < -0.3 is 15.3 Å². The maximum Gasteiger partial charge on any atom is 0.323 e. The predicted octanol–water partition coefficient (Wildman–Crippen LogP) is 2.17. The average molecular weight is 273 g/mol. The van der Waals surface area contributed by atoms with Gasteiger partial charge in [0.1, 0.15) is 6.54 Å². The number of benzene rings is 1. The quantitative estimate of drug-likeness (QED) is 0.894. The fraction of sp³-hybridized carbons (Fsp3) is 0.214. The molecule has 2 amide bonds. The number of anilines is 1. The topological polar surface area (TPSA) is 82.5 Å². The molecular weight excluding hydrogens is 258 g/mol. The number of hydrogen-bond donors (Lipinski definition) is 2. The van der Waals surface area contributed by atoms with Crippen molar-refractivity contribution < 1.29 is 14.7 Å². The summed E-state index contributed by atoms with van der Waals surface area (Å²) in [6, 6.07) is 6.85. The molecule has 0 saturated heterocycles. The zero-order valence-corrected chi connectivity index (χ0v) is 11.0. The highest BCUT2D eigenvalue weighted by Gasteiger charge is 2.15. The lowest BCUT2D eigenvalue weighted by Gasteiger charge is -2.19. The summed E-state index contributed by atoms with van der Waals surface area (Å²) in [6.45, 7) is 1.73. The first-order valence-corrected chi connectivity index (χ1v) is 6.22. The Kier molecular flexibility index (Phi) is 4.14. The van der Waals surface area contributed by atoms with Crippen molar-refractivity contribution >= 4 is 28.5 Å². The molecule has 0 atom stereocenters. The molecule has 0 fully saturated rings. The van der Waals surface area contributed by atoms with E-state index >= 15 is 0 Å². The number of carbonyl (C=O) groups is 2. The molecule has 2 N–H and O–H groups in total. The molecular formula is C14H15N3O3. The molecule has 0 bridgehead atoms. The highest BCUT2D eigenvalue weighted by atomic mass is 16.4. The van der Waals surface area contributed by atoms with Gasteiger partial charge in [0.25, 0.3) is 0 Å². The van der Waals surface area contributed by atoms with Gasteiger partial charge in [-0.1, -0.05) is 12.1 Å². The Morgan fingerprint density at radius 3 is 2.85 bits per heavy atom. The normalized spacial score (nSPS) is 10.2. The number of amides is 2. The number of pyridine rings is 1. The van der Waals surface area contributed by atoms with Gasteiger partial charge in [-0.3, -0.25) is 9.78 Å². The number of carboxylic acids is 1. The Morgan fingerprint density at radius 1 is 1.35 bits per heavy atom. The van der Waals surface area contributed by atoms with E-state index in [0.717, 1.165) is 10.8 Å². The minimum absolute atomic E-state index is 0.324. The molecule has 0 aliphatic heterocycles. The third-order valence-electron chi connectivity index (χ3n) is 2.92. The van der Waals surface area contributed by atoms with Crippen LogP contribution >= 0.6 is 0 Å². The summed E-state index contributed by atoms with van der Waals surface area (Å²) in [5.74, 6) is -1.04. The zero-order valence-electron chi connectivity index (χ0n) is 11.0. The lowest BCUT2D eigenvalue weighted by molar-refractivity contribution is -0.137. The minimum atomic E-state index is -1.04. The second-order valence-corrected chi connectivity index (χ2v) is 4.24. The summed E-state index contributed by atoms with van der Waals surface area (Å²) in [7, 11) is 0. The number of aromatic nitrogens is 1. The summed E-state index contributed by atoms with van der Waals surface area (Å²) in [5.41, 5.74) is 0.638. The van der Waals surface area contributed by atoms with Crippen molar-refractivity contribution in [2.45, 2.75) is 6.92 Å². The van der Waals surface area contributed by atoms with E-state index in [0.29, 0.717) is 12.2 Å². The van der Waals surface area contributed by atoms with Crippen LogP contribution in [0.25, 0.3) is 10.8 Å². The number of urea groups is 1. The van der Waals surface area contributed by atoms with Gasteiger partial charge in [-0.25, -0.2) is 4.79 Å². The van der Waals surface area contributed by atoms with Crippen molar-refractivity contribution in [1.29, 1.82) is 0 Å². The van der Waals surface area contributed by atoms with E-state index in [2.05, 4.69) is 10.3 Å². The Balaban J connectivity index is 2.23. The number of fused-ring (bicyclic) bond motifs is 1. The molecule has 20 heavy (non-hydrogen) atoms. The van der Waals surface area contributed by atoms with Crippen LogP contribution in [0.15, 0.2) is 36.7 Å². The molecule has 0 saturated carbocycles. The molecule has 1 heterocycles. The van der Waals surface area contributed by atoms with Crippen LogP contribution in [0.4, 0.5) is 10.5 Å². The summed E-state index contributed by atoms with van der Waals surface area (Å²) in [4.78, 5) is 28.0. The molecule has 0 unspecified atom stereocenters. The van der Waals surface area contributed by atoms with Gasteiger partial charge in [0, 0.05) is 29.7 Å². The maximum atomic E-state index is 12.1. The first-order valence-electron chi connectivity index (χ1n) is 6.22. The predicted molar refractivity (Wildman–Crippen MR) is 75.6 cm³/mol. The van der Waals surface area contributed by atoms with Crippen LogP contribution in [0.5, 0.6) is 0 Å². The molecule has 6 nitrogen and oxygen atoms in total. The SMILES string of the molecule is CCN(CC(=O)O)C(=O)Nc1cccc2cnccc12. The van der Waals surface area contributed by atoms with Crippen LogP contribution in [0.3, 0.4) is 0 Å². The average Bonchev–Trinajstić information content (AvgIpc) is 2.45. The van der Waals surface area contributed by atoms with Crippen molar-refractivity contribution in [3.05, 3.63) is 36.7 Å². The Hall–Kier alpha value is -2.63. The number of carbonyl (C=O) groups excluding carboxylic acids is 1. The lowest BCUT2D eigenvalue weighted by Crippen LogP contribution is -2.38. The van der Waals surface area contributed by atoms with Crippen molar-refractivity contribution in [1.82, 2.24) is 9.88 Å². The number of nitrogens with one attached hydrogen (secondary N) is 1. The molecule has 1 aromatic carbocycles. The fourth-order valence-corrected chi connectivity index (χ4v) is 1.92. The van der Waals surface area contributed by atoms with E-state index in [9.17, 15) is 9.59 Å². The summed E-state index contributed by atoms with van der Waals surface area (Å²) >= 11 is 0. The molecule has 104 valence electrons. The van der Waals surface area contributed by atoms with Gasteiger partial charge in [-0.05, 0) is 19.1 Å². The zero-order chi connectivity index (χ0) is 14.5. The molecule has 0 spiro atoms. The van der Waals surface area contributed by atoms with E-state index in [1.165, 1.54) is 4.90 Å². The molecule has 1 aromatic heterocycles. The van der Waals surface area contributed by atoms with Crippen LogP contribution in [0.2, 0.25) is 0 Å². The number of hydrogen-bond acceptors (Lipinski definition) is 3. The fourth-order valence-electron chi connectivity index (χ4n) is 1.92. The monoisotopic (exact) mass is 273 g/mol. The number of likely N-dealkylation sites (N-methyl/N-ethyl adjacent to an activating group) is 1. The van der Waals surface area contributed by atoms with Gasteiger partial charge in [-0.2, -0.15) is 0 Å². The van der Waals surface area contributed by atoms with Crippen molar-refractivity contribution in [3.63, 3.8) is 0 Å². The smallest absolute Gasteiger partial charge is 0.323 e. The van der Waals surface area contributed by atoms with Crippen LogP contribution in [0.1, 0.15) is 6.92 Å². The van der Waals surface area contributed by atoms with Crippen molar-refractivity contribution in [3.8, 4) is 0 Å². The van der Waals surface area contributed by atoms with Crippen LogP contribution in [-0.4, -0.2) is 40.1 Å². The summed E-state index contributed by atoms with van der Waals surface area (Å²) in [6.07, 6.45) is 3.35. The number of nitrogens with zero attached hydrogens (tertiary/aromatic N) is 2. The maximum absolute atomic E-state index is 12.1. The van der Waals surface area contributed by atoms with Gasteiger partial charge in [0.05, 0.1) is 5.69 Å². The highest BCUT2D eigenvalue weighted by molar-refractivity contribution is 6.01. The van der Waals surface area contributed by atoms with Gasteiger partial charge in [0.2, 0.25) is 0 Å². The second-order valence-electron chi connectivity index (χ2n) is 4.24. The van der Waals surface area contributed by atoms with E-state index in [-0.39, 0.29) is 6.54 Å². The molecule has 0 aliphatic rings. The number of aliphatic carboxylic acids is 1. The Morgan fingerprint density at radius 2 is 2.15 bits per heavy atom. The summed E-state index contributed by atoms with van der Waals surface area (Å²) in [5, 5.41) is 13.3. The van der Waals surface area contributed by atoms with E-state index in [1.807, 2.05) is 12.1 Å². The third-order valence-corrected chi connectivity index (χ3v) is 2.92. The standard InChI is InChI=1S/C14H15N3O3/c1-2-17(9-13(18)19)14(20)16-12-5-3-4-10-8-15-7-6-11(10)12/h3-8H,2,9H2,1H3,(H,16,20)(H,18,19). The molecule has 0 radical (unpaired) electrons. The Labute approximate surface area is 116 Å². The number of rotatable bonds is 4. The highest BCUT2D eigenvalue weighted by Crippen LogP contribution is 2.22. The van der Waals surface area contributed by atoms with E-state index in [1.54, 1.807) is 31.5 Å². The minimum Gasteiger partial charge on any atom is -0.480 e. The van der Waals surface area contributed by atoms with Crippen LogP contribution in [-0.2, 0) is 4.79 Å². The molecule has 2 rings (SSSR count). The van der Waals surface area contributed by atoms with Crippen LogP contribution < -0.4 is 5.32 Å². The second kappa shape index (κ2) is 6.01. The van der Waals surface area contributed by atoms with Gasteiger partial charge >= 0.3 is 12.0 Å². The molecule has 6 heteroatoms. The first-order chi connectivity index (χ1) is 9.61. The molecule has 2 aromatic rings. The van der Waals surface area contributed by atoms with Crippen molar-refractivity contribution in [2.24, 2.45) is 0 Å². The number of carboxylic acid groups (broad SMARTS) is 1. The van der Waals surface area contributed by atoms with E-state index < -0.39 is 12.0 Å². The van der Waals surface area contributed by atoms with Gasteiger partial charge in [0.15, 0.2) is 0 Å². The largest absolute Gasteiger partial charge is 0.480 e. The van der Waals surface area contributed by atoms with Crippen molar-refractivity contribution in [2.75, 3.05) is 18.4 Å². The Bertz CT molecular complexity index is 637. The van der Waals surface area contributed by atoms with E-state index in [4.69, 9.17) is 5.11 Å². The van der Waals surface area contributed by atoms with Gasteiger partial charge in [-0.15, -0.1) is 0 Å².